The highest BCUT2D eigenvalue weighted by molar-refractivity contribution is 5.89. The molecule has 35 heavy (non-hydrogen) atoms. The normalized spacial score (nSPS) is 16.0. The molecule has 1 aliphatic heterocycles. The van der Waals surface area contributed by atoms with Crippen molar-refractivity contribution < 1.29 is 14.3 Å². The predicted octanol–water partition coefficient (Wildman–Crippen LogP) is 4.04. The monoisotopic (exact) mass is 475 g/mol. The average Bonchev–Trinajstić information content (AvgIpc) is 3.21. The van der Waals surface area contributed by atoms with E-state index in [9.17, 15) is 14.9 Å². The fraction of sp³-hybridized carbons (Fsp3) is 0.400. The van der Waals surface area contributed by atoms with Crippen molar-refractivity contribution in [3.05, 3.63) is 42.1 Å². The fourth-order valence-corrected chi connectivity index (χ4v) is 4.05. The van der Waals surface area contributed by atoms with Crippen molar-refractivity contribution in [3.63, 3.8) is 0 Å². The molecule has 2 N–H and O–H groups in total. The average molecular weight is 476 g/mol. The molecule has 182 valence electrons. The molecule has 0 spiro atoms. The van der Waals surface area contributed by atoms with Crippen molar-refractivity contribution in [2.24, 2.45) is 0 Å². The van der Waals surface area contributed by atoms with Crippen LogP contribution in [-0.2, 0) is 9.53 Å². The summed E-state index contributed by atoms with van der Waals surface area (Å²) in [6.45, 7) is 8.13. The van der Waals surface area contributed by atoms with Gasteiger partial charge in [0.25, 0.3) is 0 Å². The van der Waals surface area contributed by atoms with Crippen LogP contribution in [0.25, 0.3) is 16.9 Å². The molecule has 1 saturated heterocycles. The summed E-state index contributed by atoms with van der Waals surface area (Å²) in [5.74, 6) is 0.495. The van der Waals surface area contributed by atoms with Gasteiger partial charge in [-0.05, 0) is 45.7 Å². The summed E-state index contributed by atoms with van der Waals surface area (Å²) in [5.41, 5.74) is 2.29. The maximum atomic E-state index is 12.6. The summed E-state index contributed by atoms with van der Waals surface area (Å²) in [5, 5.41) is 20.2. The van der Waals surface area contributed by atoms with E-state index >= 15 is 0 Å². The maximum Gasteiger partial charge on any atom is 0.410 e. The highest BCUT2D eigenvalue weighted by Crippen LogP contribution is 2.27. The van der Waals surface area contributed by atoms with Crippen LogP contribution in [0.3, 0.4) is 0 Å². The number of benzene rings is 1. The molecule has 3 heterocycles. The van der Waals surface area contributed by atoms with Gasteiger partial charge in [-0.3, -0.25) is 4.79 Å². The van der Waals surface area contributed by atoms with E-state index in [2.05, 4.69) is 26.8 Å². The minimum atomic E-state index is -0.557. The Hall–Kier alpha value is -4.13. The van der Waals surface area contributed by atoms with Crippen LogP contribution in [0.1, 0.15) is 46.1 Å². The van der Waals surface area contributed by atoms with Crippen molar-refractivity contribution in [2.45, 2.75) is 52.2 Å². The van der Waals surface area contributed by atoms with Gasteiger partial charge >= 0.3 is 6.09 Å². The molecule has 10 nitrogen and oxygen atoms in total. The number of anilines is 2. The number of hydrogen-bond acceptors (Lipinski definition) is 7. The van der Waals surface area contributed by atoms with E-state index in [0.717, 1.165) is 18.4 Å². The van der Waals surface area contributed by atoms with Gasteiger partial charge in [0.2, 0.25) is 5.91 Å². The minimum absolute atomic E-state index is 0.0323. The molecule has 1 unspecified atom stereocenters. The van der Waals surface area contributed by atoms with E-state index in [1.807, 2.05) is 45.0 Å². The molecule has 2 amide bonds. The number of likely N-dealkylation sites (tertiary alicyclic amines) is 1. The van der Waals surface area contributed by atoms with E-state index in [1.165, 1.54) is 13.1 Å². The molecular weight excluding hydrogens is 446 g/mol. The number of carbonyl (C=O) groups is 2. The first-order valence-corrected chi connectivity index (χ1v) is 11.5. The molecule has 0 radical (unpaired) electrons. The number of ether oxygens (including phenoxy) is 1. The van der Waals surface area contributed by atoms with Gasteiger partial charge in [0.05, 0.1) is 11.9 Å². The van der Waals surface area contributed by atoms with Crippen LogP contribution >= 0.6 is 0 Å². The number of piperidine rings is 1. The number of carbonyl (C=O) groups excluding carboxylic acids is 2. The molecule has 1 aromatic carbocycles. The number of fused-ring (bicyclic) bond motifs is 1. The molecular formula is C25H29N7O3. The third-order valence-corrected chi connectivity index (χ3v) is 5.50. The largest absolute Gasteiger partial charge is 0.444 e. The third-order valence-electron chi connectivity index (χ3n) is 5.50. The predicted molar refractivity (Wildman–Crippen MR) is 132 cm³/mol. The quantitative estimate of drug-likeness (QED) is 0.583. The molecule has 1 aliphatic rings. The Kier molecular flexibility index (Phi) is 6.60. The van der Waals surface area contributed by atoms with Crippen LogP contribution in [-0.4, -0.2) is 56.2 Å². The summed E-state index contributed by atoms with van der Waals surface area (Å²) in [4.78, 5) is 30.5. The number of nitrogens with zero attached hydrogens (tertiary/aromatic N) is 5. The van der Waals surface area contributed by atoms with E-state index in [0.29, 0.717) is 41.5 Å². The van der Waals surface area contributed by atoms with E-state index in [1.54, 1.807) is 15.5 Å². The first kappa shape index (κ1) is 24.0. The Balaban J connectivity index is 1.65. The lowest BCUT2D eigenvalue weighted by atomic mass is 10.1. The van der Waals surface area contributed by atoms with Crippen LogP contribution in [0.5, 0.6) is 0 Å². The molecule has 0 saturated carbocycles. The molecule has 1 atom stereocenters. The molecule has 4 rings (SSSR count). The Morgan fingerprint density at radius 1 is 1.26 bits per heavy atom. The SMILES string of the molecule is CC(=O)Nc1cccc(-c2cc(NC3CCCN(C(=O)OC(C)(C)C)C3)n3ncc(C#N)c3n2)c1. The molecule has 3 aromatic rings. The zero-order valence-electron chi connectivity index (χ0n) is 20.3. The van der Waals surface area contributed by atoms with Crippen molar-refractivity contribution in [1.82, 2.24) is 19.5 Å². The van der Waals surface area contributed by atoms with Gasteiger partial charge < -0.3 is 20.3 Å². The summed E-state index contributed by atoms with van der Waals surface area (Å²) in [6.07, 6.45) is 2.85. The zero-order chi connectivity index (χ0) is 25.2. The standard InChI is InChI=1S/C25H29N7O3/c1-16(33)28-19-8-5-7-17(11-19)21-12-22(32-23(30-21)18(13-26)14-27-32)29-20-9-6-10-31(15-20)24(34)35-25(2,3)4/h5,7-8,11-12,14,20,29H,6,9-10,15H2,1-4H3,(H,28,33). The van der Waals surface area contributed by atoms with Gasteiger partial charge in [-0.15, -0.1) is 0 Å². The Labute approximate surface area is 203 Å². The Bertz CT molecular complexity index is 1300. The lowest BCUT2D eigenvalue weighted by Crippen LogP contribution is -2.47. The van der Waals surface area contributed by atoms with Crippen molar-refractivity contribution in [1.29, 1.82) is 5.26 Å². The smallest absolute Gasteiger partial charge is 0.410 e. The molecule has 10 heteroatoms. The lowest BCUT2D eigenvalue weighted by Gasteiger charge is -2.34. The van der Waals surface area contributed by atoms with Crippen LogP contribution in [0.2, 0.25) is 0 Å². The number of hydrogen-bond donors (Lipinski definition) is 2. The van der Waals surface area contributed by atoms with Crippen LogP contribution in [0.4, 0.5) is 16.3 Å². The van der Waals surface area contributed by atoms with E-state index in [4.69, 9.17) is 4.74 Å². The second-order valence-electron chi connectivity index (χ2n) is 9.60. The van der Waals surface area contributed by atoms with E-state index < -0.39 is 5.60 Å². The second-order valence-corrected chi connectivity index (χ2v) is 9.60. The number of rotatable bonds is 4. The van der Waals surface area contributed by atoms with Gasteiger partial charge in [0, 0.05) is 43.4 Å². The number of amides is 2. The van der Waals surface area contributed by atoms with Crippen molar-refractivity contribution >= 4 is 29.2 Å². The Morgan fingerprint density at radius 3 is 2.77 bits per heavy atom. The maximum absolute atomic E-state index is 12.6. The van der Waals surface area contributed by atoms with Crippen LogP contribution < -0.4 is 10.6 Å². The number of aromatic nitrogens is 3. The highest BCUT2D eigenvalue weighted by atomic mass is 16.6. The molecule has 1 fully saturated rings. The fourth-order valence-electron chi connectivity index (χ4n) is 4.05. The van der Waals surface area contributed by atoms with Crippen LogP contribution in [0, 0.1) is 11.3 Å². The van der Waals surface area contributed by atoms with Gasteiger partial charge in [-0.1, -0.05) is 12.1 Å². The lowest BCUT2D eigenvalue weighted by molar-refractivity contribution is -0.114. The first-order valence-electron chi connectivity index (χ1n) is 11.5. The zero-order valence-corrected chi connectivity index (χ0v) is 20.3. The molecule has 0 bridgehead atoms. The topological polar surface area (TPSA) is 125 Å². The summed E-state index contributed by atoms with van der Waals surface area (Å²) < 4.78 is 7.15. The van der Waals surface area contributed by atoms with Gasteiger partial charge in [0.15, 0.2) is 5.65 Å². The number of nitriles is 1. The number of nitrogens with one attached hydrogen (secondary N) is 2. The van der Waals surface area contributed by atoms with Gasteiger partial charge in [-0.2, -0.15) is 14.9 Å². The van der Waals surface area contributed by atoms with Crippen molar-refractivity contribution in [3.8, 4) is 17.3 Å². The Morgan fingerprint density at radius 2 is 2.06 bits per heavy atom. The third kappa shape index (κ3) is 5.69. The van der Waals surface area contributed by atoms with Gasteiger partial charge in [0.1, 0.15) is 23.1 Å². The second kappa shape index (κ2) is 9.62. The summed E-state index contributed by atoms with van der Waals surface area (Å²) in [6, 6.07) is 11.3. The molecule has 0 aliphatic carbocycles. The summed E-state index contributed by atoms with van der Waals surface area (Å²) in [7, 11) is 0. The van der Waals surface area contributed by atoms with Crippen molar-refractivity contribution in [2.75, 3.05) is 23.7 Å². The first-order chi connectivity index (χ1) is 16.6. The minimum Gasteiger partial charge on any atom is -0.444 e. The highest BCUT2D eigenvalue weighted by Gasteiger charge is 2.28. The summed E-state index contributed by atoms with van der Waals surface area (Å²) >= 11 is 0. The van der Waals surface area contributed by atoms with E-state index in [-0.39, 0.29) is 18.0 Å². The van der Waals surface area contributed by atoms with Gasteiger partial charge in [-0.25, -0.2) is 9.78 Å². The molecule has 2 aromatic heterocycles. The van der Waals surface area contributed by atoms with Crippen LogP contribution in [0.15, 0.2) is 36.5 Å².